The first-order chi connectivity index (χ1) is 14.9. The second-order valence-corrected chi connectivity index (χ2v) is 9.22. The van der Waals surface area contributed by atoms with Gasteiger partial charge in [0.25, 0.3) is 0 Å². The van der Waals surface area contributed by atoms with E-state index < -0.39 is 33.5 Å². The summed E-state index contributed by atoms with van der Waals surface area (Å²) in [4.78, 5) is 12.7. The fourth-order valence-electron chi connectivity index (χ4n) is 2.92. The number of aromatic nitrogens is 1. The number of benzene rings is 2. The van der Waals surface area contributed by atoms with Crippen LogP contribution in [-0.2, 0) is 15.6 Å². The van der Waals surface area contributed by atoms with Crippen LogP contribution in [-0.4, -0.2) is 20.6 Å². The van der Waals surface area contributed by atoms with Gasteiger partial charge in [-0.3, -0.25) is 4.79 Å². The first kappa shape index (κ1) is 23.6. The van der Waals surface area contributed by atoms with Crippen molar-refractivity contribution >= 4 is 27.2 Å². The van der Waals surface area contributed by atoms with Gasteiger partial charge < -0.3 is 9.94 Å². The number of pyridine rings is 1. The lowest BCUT2D eigenvalue weighted by Gasteiger charge is -2.12. The van der Waals surface area contributed by atoms with Crippen molar-refractivity contribution < 1.29 is 35.9 Å². The maximum atomic E-state index is 13.0. The third-order valence-corrected chi connectivity index (χ3v) is 6.36. The van der Waals surface area contributed by atoms with Crippen LogP contribution >= 0.6 is 11.6 Å². The van der Waals surface area contributed by atoms with Crippen LogP contribution in [0.3, 0.4) is 0 Å². The fraction of sp³-hybridized carbons (Fsp3) is 0.143. The molecule has 0 amide bonds. The number of hydrogen-bond acceptors (Lipinski definition) is 5. The van der Waals surface area contributed by atoms with Crippen molar-refractivity contribution in [3.63, 3.8) is 0 Å². The Bertz CT molecular complexity index is 1280. The zero-order chi connectivity index (χ0) is 23.7. The Morgan fingerprint density at radius 1 is 1.09 bits per heavy atom. The maximum Gasteiger partial charge on any atom is 0.573 e. The molecular formula is C21H15ClF3NO5S. The van der Waals surface area contributed by atoms with Crippen LogP contribution in [0.5, 0.6) is 5.75 Å². The second-order valence-electron chi connectivity index (χ2n) is 6.79. The Balaban J connectivity index is 1.93. The van der Waals surface area contributed by atoms with Gasteiger partial charge in [0, 0.05) is 35.2 Å². The zero-order valence-electron chi connectivity index (χ0n) is 16.4. The molecule has 0 atom stereocenters. The summed E-state index contributed by atoms with van der Waals surface area (Å²) in [6.45, 7) is 1.51. The highest BCUT2D eigenvalue weighted by Crippen LogP contribution is 2.27. The summed E-state index contributed by atoms with van der Waals surface area (Å²) >= 11 is 6.00. The topological polar surface area (TPSA) is 87.4 Å². The molecule has 0 bridgehead atoms. The molecule has 3 aromatic rings. The minimum Gasteiger partial charge on any atom is -0.619 e. The van der Waals surface area contributed by atoms with Crippen molar-refractivity contribution in [1.29, 1.82) is 0 Å². The number of ketones is 1. The van der Waals surface area contributed by atoms with Crippen LogP contribution in [0.25, 0.3) is 0 Å². The van der Waals surface area contributed by atoms with Crippen LogP contribution in [0.2, 0.25) is 5.02 Å². The number of alkyl halides is 3. The van der Waals surface area contributed by atoms with Crippen molar-refractivity contribution in [2.24, 2.45) is 0 Å². The predicted molar refractivity (Wildman–Crippen MR) is 109 cm³/mol. The minimum absolute atomic E-state index is 0.0288. The molecule has 0 spiro atoms. The van der Waals surface area contributed by atoms with Gasteiger partial charge in [-0.15, -0.1) is 13.2 Å². The van der Waals surface area contributed by atoms with E-state index >= 15 is 0 Å². The number of hydrogen-bond donors (Lipinski definition) is 0. The summed E-state index contributed by atoms with van der Waals surface area (Å²) < 4.78 is 66.9. The lowest BCUT2D eigenvalue weighted by Crippen LogP contribution is -2.29. The molecule has 0 aliphatic carbocycles. The molecule has 0 aliphatic rings. The Kier molecular flexibility index (Phi) is 6.47. The number of halogens is 4. The van der Waals surface area contributed by atoms with Crippen molar-refractivity contribution in [3.8, 4) is 5.75 Å². The zero-order valence-corrected chi connectivity index (χ0v) is 18.0. The average Bonchev–Trinajstić information content (AvgIpc) is 2.70. The molecule has 6 nitrogen and oxygen atoms in total. The molecule has 3 rings (SSSR count). The Hall–Kier alpha value is -3.11. The van der Waals surface area contributed by atoms with Gasteiger partial charge in [0.05, 0.1) is 10.6 Å². The standard InChI is InChI=1S/C21H15ClF3NO5S/c1-13-10-14(8-9-26(13)28)20(27)19-11-16(22)3-2-15(19)12-32(29,30)18-6-4-17(5-7-18)31-21(23,24)25/h2-11H,12H2,1H3. The normalized spacial score (nSPS) is 11.9. The summed E-state index contributed by atoms with van der Waals surface area (Å²) in [7, 11) is -4.03. The molecule has 1 aromatic heterocycles. The molecule has 32 heavy (non-hydrogen) atoms. The Morgan fingerprint density at radius 2 is 1.75 bits per heavy atom. The van der Waals surface area contributed by atoms with Crippen LogP contribution < -0.4 is 9.47 Å². The van der Waals surface area contributed by atoms with Gasteiger partial charge in [-0.05, 0) is 42.0 Å². The van der Waals surface area contributed by atoms with Crippen LogP contribution in [0, 0.1) is 12.1 Å². The van der Waals surface area contributed by atoms with E-state index in [9.17, 15) is 31.6 Å². The number of nitrogens with zero attached hydrogens (tertiary/aromatic N) is 1. The van der Waals surface area contributed by atoms with Crippen LogP contribution in [0.4, 0.5) is 13.2 Å². The van der Waals surface area contributed by atoms with Gasteiger partial charge in [0.15, 0.2) is 27.5 Å². The minimum atomic E-state index is -4.90. The molecular weight excluding hydrogens is 471 g/mol. The molecule has 0 aliphatic heterocycles. The van der Waals surface area contributed by atoms with Gasteiger partial charge in [0.1, 0.15) is 5.75 Å². The van der Waals surface area contributed by atoms with Crippen molar-refractivity contribution in [1.82, 2.24) is 0 Å². The van der Waals surface area contributed by atoms with Crippen molar-refractivity contribution in [2.75, 3.05) is 0 Å². The average molecular weight is 486 g/mol. The quantitative estimate of drug-likeness (QED) is 0.294. The number of carbonyl (C=O) groups excluding carboxylic acids is 1. The first-order valence-electron chi connectivity index (χ1n) is 8.97. The molecule has 168 valence electrons. The third kappa shape index (κ3) is 5.57. The van der Waals surface area contributed by atoms with Crippen LogP contribution in [0.15, 0.2) is 65.7 Å². The van der Waals surface area contributed by atoms with Crippen molar-refractivity contribution in [3.05, 3.63) is 93.4 Å². The fourth-order valence-corrected chi connectivity index (χ4v) is 4.47. The second kappa shape index (κ2) is 8.79. The van der Waals surface area contributed by atoms with E-state index in [4.69, 9.17) is 11.6 Å². The van der Waals surface area contributed by atoms with E-state index in [1.54, 1.807) is 0 Å². The number of carbonyl (C=O) groups is 1. The van der Waals surface area contributed by atoms with Gasteiger partial charge in [-0.25, -0.2) is 8.42 Å². The highest BCUT2D eigenvalue weighted by Gasteiger charge is 2.31. The largest absolute Gasteiger partial charge is 0.619 e. The predicted octanol–water partition coefficient (Wildman–Crippen LogP) is 4.39. The van der Waals surface area contributed by atoms with E-state index in [-0.39, 0.29) is 32.3 Å². The molecule has 0 N–H and O–H groups in total. The first-order valence-corrected chi connectivity index (χ1v) is 11.0. The SMILES string of the molecule is Cc1cc(C(=O)c2cc(Cl)ccc2CS(=O)(=O)c2ccc(OC(F)(F)F)cc2)cc[n+]1[O-]. The van der Waals surface area contributed by atoms with Gasteiger partial charge in [-0.2, -0.15) is 4.73 Å². The molecule has 2 aromatic carbocycles. The lowest BCUT2D eigenvalue weighted by atomic mass is 9.99. The van der Waals surface area contributed by atoms with Gasteiger partial charge in [0.2, 0.25) is 0 Å². The highest BCUT2D eigenvalue weighted by molar-refractivity contribution is 7.90. The van der Waals surface area contributed by atoms with E-state index in [1.807, 2.05) is 0 Å². The van der Waals surface area contributed by atoms with Gasteiger partial charge in [-0.1, -0.05) is 17.7 Å². The monoisotopic (exact) mass is 485 g/mol. The van der Waals surface area contributed by atoms with E-state index in [1.165, 1.54) is 37.3 Å². The van der Waals surface area contributed by atoms with Gasteiger partial charge >= 0.3 is 6.36 Å². The molecule has 0 unspecified atom stereocenters. The number of ether oxygens (including phenoxy) is 1. The molecule has 0 saturated carbocycles. The summed E-state index contributed by atoms with van der Waals surface area (Å²) in [5.41, 5.74) is 0.616. The smallest absolute Gasteiger partial charge is 0.573 e. The molecule has 1 heterocycles. The summed E-state index contributed by atoms with van der Waals surface area (Å²) in [5, 5.41) is 11.7. The van der Waals surface area contributed by atoms with E-state index in [2.05, 4.69) is 4.74 Å². The molecule has 0 radical (unpaired) electrons. The Labute approximate surface area is 186 Å². The number of sulfone groups is 1. The van der Waals surface area contributed by atoms with E-state index in [0.29, 0.717) is 4.73 Å². The summed E-state index contributed by atoms with van der Waals surface area (Å²) in [6.07, 6.45) is -3.74. The van der Waals surface area contributed by atoms with Crippen LogP contribution in [0.1, 0.15) is 27.2 Å². The summed E-state index contributed by atoms with van der Waals surface area (Å²) in [5.74, 6) is -1.69. The molecule has 11 heteroatoms. The maximum absolute atomic E-state index is 13.0. The third-order valence-electron chi connectivity index (χ3n) is 4.44. The lowest BCUT2D eigenvalue weighted by molar-refractivity contribution is -0.612. The summed E-state index contributed by atoms with van der Waals surface area (Å²) in [6, 6.07) is 10.6. The van der Waals surface area contributed by atoms with Crippen molar-refractivity contribution in [2.45, 2.75) is 23.9 Å². The Morgan fingerprint density at radius 3 is 2.34 bits per heavy atom. The van der Waals surface area contributed by atoms with E-state index in [0.717, 1.165) is 30.5 Å². The highest BCUT2D eigenvalue weighted by atomic mass is 35.5. The molecule has 0 saturated heterocycles. The number of rotatable bonds is 6. The molecule has 0 fully saturated rings. The number of aryl methyl sites for hydroxylation is 1.